The van der Waals surface area contributed by atoms with Crippen LogP contribution in [-0.2, 0) is 6.54 Å². The summed E-state index contributed by atoms with van der Waals surface area (Å²) in [7, 11) is 0. The third kappa shape index (κ3) is 3.16. The van der Waals surface area contributed by atoms with Gasteiger partial charge in [-0.3, -0.25) is 10.2 Å². The molecule has 0 saturated heterocycles. The van der Waals surface area contributed by atoms with Crippen molar-refractivity contribution in [3.05, 3.63) is 53.7 Å². The Morgan fingerprint density at radius 3 is 2.90 bits per heavy atom. The molecule has 0 fully saturated rings. The van der Waals surface area contributed by atoms with Crippen LogP contribution in [0.4, 0.5) is 10.1 Å². The van der Waals surface area contributed by atoms with Gasteiger partial charge in [0.1, 0.15) is 17.8 Å². The fraction of sp³-hybridized carbons (Fsp3) is 0.214. The first-order chi connectivity index (χ1) is 9.63. The van der Waals surface area contributed by atoms with Crippen LogP contribution in [0, 0.1) is 5.82 Å². The third-order valence-corrected chi connectivity index (χ3v) is 2.95. The quantitative estimate of drug-likeness (QED) is 0.498. The van der Waals surface area contributed by atoms with E-state index in [2.05, 4.69) is 0 Å². The van der Waals surface area contributed by atoms with E-state index < -0.39 is 5.91 Å². The van der Waals surface area contributed by atoms with Gasteiger partial charge >= 0.3 is 0 Å². The number of hydrogen-bond acceptors (Lipinski definition) is 4. The van der Waals surface area contributed by atoms with Crippen molar-refractivity contribution in [1.29, 1.82) is 0 Å². The van der Waals surface area contributed by atoms with Crippen molar-refractivity contribution >= 4 is 11.6 Å². The van der Waals surface area contributed by atoms with Gasteiger partial charge in [-0.15, -0.1) is 0 Å². The summed E-state index contributed by atoms with van der Waals surface area (Å²) in [4.78, 5) is 13.3. The van der Waals surface area contributed by atoms with E-state index in [1.165, 1.54) is 18.4 Å². The minimum atomic E-state index is -0.409. The highest BCUT2D eigenvalue weighted by Crippen LogP contribution is 2.19. The van der Waals surface area contributed by atoms with Gasteiger partial charge in [-0.25, -0.2) is 10.2 Å². The van der Waals surface area contributed by atoms with Gasteiger partial charge in [-0.1, -0.05) is 6.07 Å². The summed E-state index contributed by atoms with van der Waals surface area (Å²) in [6, 6.07) is 7.95. The van der Waals surface area contributed by atoms with E-state index in [1.807, 2.05) is 23.3 Å². The maximum Gasteiger partial charge on any atom is 0.268 e. The Morgan fingerprint density at radius 1 is 1.45 bits per heavy atom. The Labute approximate surface area is 116 Å². The number of benzene rings is 1. The molecule has 0 saturated carbocycles. The van der Waals surface area contributed by atoms with Gasteiger partial charge in [-0.2, -0.15) is 0 Å². The first-order valence-electron chi connectivity index (χ1n) is 6.23. The molecule has 1 heterocycles. The minimum Gasteiger partial charge on any atom is -0.467 e. The number of rotatable bonds is 5. The Balaban J connectivity index is 2.14. The molecule has 1 aromatic carbocycles. The molecule has 6 heteroatoms. The Hall–Kier alpha value is -2.34. The fourth-order valence-corrected chi connectivity index (χ4v) is 1.91. The maximum atomic E-state index is 13.2. The van der Waals surface area contributed by atoms with E-state index in [9.17, 15) is 9.18 Å². The topological polar surface area (TPSA) is 71.5 Å². The highest BCUT2D eigenvalue weighted by molar-refractivity contribution is 5.93. The van der Waals surface area contributed by atoms with E-state index in [0.29, 0.717) is 24.4 Å². The van der Waals surface area contributed by atoms with Crippen LogP contribution in [0.1, 0.15) is 23.0 Å². The molecule has 0 unspecified atom stereocenters. The molecule has 3 N–H and O–H groups in total. The number of carbonyl (C=O) groups excluding carboxylic acids is 1. The number of halogens is 1. The molecule has 0 atom stereocenters. The predicted molar refractivity (Wildman–Crippen MR) is 73.5 cm³/mol. The normalized spacial score (nSPS) is 10.3. The van der Waals surface area contributed by atoms with Crippen LogP contribution in [-0.4, -0.2) is 12.5 Å². The van der Waals surface area contributed by atoms with E-state index in [-0.39, 0.29) is 5.82 Å². The van der Waals surface area contributed by atoms with Crippen LogP contribution in [0.15, 0.2) is 41.0 Å². The number of nitrogens with zero attached hydrogens (tertiary/aromatic N) is 1. The van der Waals surface area contributed by atoms with E-state index >= 15 is 0 Å². The predicted octanol–water partition coefficient (Wildman–Crippen LogP) is 2.05. The van der Waals surface area contributed by atoms with Gasteiger partial charge in [0.15, 0.2) is 0 Å². The van der Waals surface area contributed by atoms with Crippen LogP contribution in [0.5, 0.6) is 0 Å². The number of carbonyl (C=O) groups is 1. The fourth-order valence-electron chi connectivity index (χ4n) is 1.91. The Bertz CT molecular complexity index is 598. The number of nitrogen functional groups attached to an aromatic ring is 1. The van der Waals surface area contributed by atoms with Gasteiger partial charge in [-0.05, 0) is 31.2 Å². The third-order valence-electron chi connectivity index (χ3n) is 2.95. The zero-order valence-corrected chi connectivity index (χ0v) is 11.1. The second-order valence-corrected chi connectivity index (χ2v) is 4.27. The Kier molecular flexibility index (Phi) is 4.37. The van der Waals surface area contributed by atoms with Crippen molar-refractivity contribution in [2.24, 2.45) is 5.84 Å². The minimum absolute atomic E-state index is 0.288. The Morgan fingerprint density at radius 2 is 2.25 bits per heavy atom. The number of furan rings is 1. The standard InChI is InChI=1S/C14H16FN3O2/c1-2-18(12-5-3-4-11(15)7-12)8-13-6-10(9-20-13)14(19)17-16/h3-7,9H,2,8,16H2,1H3,(H,17,19). The first kappa shape index (κ1) is 14.1. The van der Waals surface area contributed by atoms with Gasteiger partial charge in [0.2, 0.25) is 0 Å². The molecule has 0 aliphatic rings. The molecule has 0 aliphatic heterocycles. The lowest BCUT2D eigenvalue weighted by atomic mass is 10.2. The summed E-state index contributed by atoms with van der Waals surface area (Å²) in [5.74, 6) is 4.96. The van der Waals surface area contributed by atoms with Crippen molar-refractivity contribution < 1.29 is 13.6 Å². The smallest absolute Gasteiger partial charge is 0.268 e. The van der Waals surface area contributed by atoms with Crippen molar-refractivity contribution in [3.8, 4) is 0 Å². The van der Waals surface area contributed by atoms with Gasteiger partial charge in [0, 0.05) is 12.2 Å². The summed E-state index contributed by atoms with van der Waals surface area (Å²) in [5.41, 5.74) is 3.16. The number of hydrazine groups is 1. The number of nitrogens with two attached hydrogens (primary N) is 1. The van der Waals surface area contributed by atoms with Crippen molar-refractivity contribution in [2.45, 2.75) is 13.5 Å². The van der Waals surface area contributed by atoms with Crippen LogP contribution in [0.2, 0.25) is 0 Å². The second kappa shape index (κ2) is 6.21. The van der Waals surface area contributed by atoms with Crippen molar-refractivity contribution in [3.63, 3.8) is 0 Å². The summed E-state index contributed by atoms with van der Waals surface area (Å²) < 4.78 is 18.6. The molecule has 106 valence electrons. The number of nitrogens with one attached hydrogen (secondary N) is 1. The van der Waals surface area contributed by atoms with Gasteiger partial charge in [0.25, 0.3) is 5.91 Å². The molecule has 0 aliphatic carbocycles. The van der Waals surface area contributed by atoms with Crippen LogP contribution in [0.3, 0.4) is 0 Å². The second-order valence-electron chi connectivity index (χ2n) is 4.27. The molecule has 20 heavy (non-hydrogen) atoms. The summed E-state index contributed by atoms with van der Waals surface area (Å²) in [5, 5.41) is 0. The molecular weight excluding hydrogens is 261 g/mol. The first-order valence-corrected chi connectivity index (χ1v) is 6.23. The van der Waals surface area contributed by atoms with Crippen molar-refractivity contribution in [2.75, 3.05) is 11.4 Å². The largest absolute Gasteiger partial charge is 0.467 e. The lowest BCUT2D eigenvalue weighted by Crippen LogP contribution is -2.29. The monoisotopic (exact) mass is 277 g/mol. The molecule has 2 aromatic rings. The van der Waals surface area contributed by atoms with E-state index in [0.717, 1.165) is 5.69 Å². The summed E-state index contributed by atoms with van der Waals surface area (Å²) in [6.07, 6.45) is 1.34. The average molecular weight is 277 g/mol. The van der Waals surface area contributed by atoms with Gasteiger partial charge in [0.05, 0.1) is 12.1 Å². The molecular formula is C14H16FN3O2. The molecule has 1 amide bonds. The summed E-state index contributed by atoms with van der Waals surface area (Å²) >= 11 is 0. The molecule has 0 spiro atoms. The number of hydrogen-bond donors (Lipinski definition) is 2. The number of amides is 1. The maximum absolute atomic E-state index is 13.2. The average Bonchev–Trinajstić information content (AvgIpc) is 2.92. The molecule has 2 rings (SSSR count). The zero-order chi connectivity index (χ0) is 14.5. The van der Waals surface area contributed by atoms with Crippen molar-refractivity contribution in [1.82, 2.24) is 5.43 Å². The highest BCUT2D eigenvalue weighted by atomic mass is 19.1. The molecule has 0 bridgehead atoms. The lowest BCUT2D eigenvalue weighted by Gasteiger charge is -2.21. The molecule has 1 aromatic heterocycles. The zero-order valence-electron chi connectivity index (χ0n) is 11.1. The van der Waals surface area contributed by atoms with Crippen LogP contribution in [0.25, 0.3) is 0 Å². The van der Waals surface area contributed by atoms with E-state index in [4.69, 9.17) is 10.3 Å². The van der Waals surface area contributed by atoms with Gasteiger partial charge < -0.3 is 9.32 Å². The molecule has 5 nitrogen and oxygen atoms in total. The highest BCUT2D eigenvalue weighted by Gasteiger charge is 2.12. The van der Waals surface area contributed by atoms with E-state index in [1.54, 1.807) is 12.1 Å². The lowest BCUT2D eigenvalue weighted by molar-refractivity contribution is 0.0953. The SMILES string of the molecule is CCN(Cc1cc(C(=O)NN)co1)c1cccc(F)c1. The van der Waals surface area contributed by atoms with Crippen LogP contribution >= 0.6 is 0 Å². The molecule has 0 radical (unpaired) electrons. The van der Waals surface area contributed by atoms with Crippen LogP contribution < -0.4 is 16.2 Å². The number of anilines is 1. The summed E-state index contributed by atoms with van der Waals surface area (Å²) in [6.45, 7) is 3.09.